The molecule has 0 radical (unpaired) electrons. The highest BCUT2D eigenvalue weighted by Crippen LogP contribution is 2.32. The van der Waals surface area contributed by atoms with Gasteiger partial charge in [0.1, 0.15) is 0 Å². The van der Waals surface area contributed by atoms with Crippen molar-refractivity contribution in [2.24, 2.45) is 5.73 Å². The molecule has 0 spiro atoms. The summed E-state index contributed by atoms with van der Waals surface area (Å²) < 4.78 is 0. The van der Waals surface area contributed by atoms with Crippen LogP contribution >= 0.6 is 11.3 Å². The summed E-state index contributed by atoms with van der Waals surface area (Å²) in [5, 5.41) is 13.7. The largest absolute Gasteiger partial charge is 0.389 e. The summed E-state index contributed by atoms with van der Waals surface area (Å²) in [7, 11) is 0. The Morgan fingerprint density at radius 1 is 1.44 bits per heavy atom. The molecule has 1 heterocycles. The molecule has 0 amide bonds. The van der Waals surface area contributed by atoms with E-state index in [0.29, 0.717) is 6.42 Å². The number of aliphatic hydroxyl groups is 1. The first-order valence-corrected chi connectivity index (χ1v) is 7.59. The van der Waals surface area contributed by atoms with Crippen LogP contribution in [0.3, 0.4) is 0 Å². The molecule has 0 atom stereocenters. The summed E-state index contributed by atoms with van der Waals surface area (Å²) in [5.41, 5.74) is 6.52. The van der Waals surface area contributed by atoms with Gasteiger partial charge in [-0.15, -0.1) is 11.3 Å². The van der Waals surface area contributed by atoms with E-state index in [4.69, 9.17) is 5.73 Å². The SMILES string of the molecule is CC(C)(C)c1csc(CC2(O)CCC(N)CC2)n1. The van der Waals surface area contributed by atoms with E-state index in [1.54, 1.807) is 11.3 Å². The Kier molecular flexibility index (Phi) is 3.81. The second-order valence-electron chi connectivity index (χ2n) is 6.62. The lowest BCUT2D eigenvalue weighted by atomic mass is 9.80. The third kappa shape index (κ3) is 3.31. The predicted molar refractivity (Wildman–Crippen MR) is 75.9 cm³/mol. The fourth-order valence-corrected chi connectivity index (χ4v) is 3.53. The molecule has 3 nitrogen and oxygen atoms in total. The van der Waals surface area contributed by atoms with Crippen LogP contribution in [0.2, 0.25) is 0 Å². The van der Waals surface area contributed by atoms with Crippen LogP contribution < -0.4 is 5.73 Å². The number of thiazole rings is 1. The van der Waals surface area contributed by atoms with E-state index in [-0.39, 0.29) is 11.5 Å². The first kappa shape index (κ1) is 14.0. The molecule has 0 aromatic carbocycles. The molecule has 4 heteroatoms. The van der Waals surface area contributed by atoms with E-state index in [2.05, 4.69) is 31.1 Å². The van der Waals surface area contributed by atoms with Gasteiger partial charge in [-0.05, 0) is 25.7 Å². The van der Waals surface area contributed by atoms with Gasteiger partial charge in [0.15, 0.2) is 0 Å². The van der Waals surface area contributed by atoms with E-state index >= 15 is 0 Å². The van der Waals surface area contributed by atoms with E-state index < -0.39 is 5.60 Å². The molecule has 2 rings (SSSR count). The summed E-state index contributed by atoms with van der Waals surface area (Å²) in [5.74, 6) is 0. The summed E-state index contributed by atoms with van der Waals surface area (Å²) in [6.07, 6.45) is 4.14. The van der Waals surface area contributed by atoms with Gasteiger partial charge in [-0.1, -0.05) is 20.8 Å². The van der Waals surface area contributed by atoms with Crippen molar-refractivity contribution < 1.29 is 5.11 Å². The molecule has 102 valence electrons. The van der Waals surface area contributed by atoms with Gasteiger partial charge in [-0.3, -0.25) is 0 Å². The number of hydrogen-bond donors (Lipinski definition) is 2. The quantitative estimate of drug-likeness (QED) is 0.867. The normalized spacial score (nSPS) is 29.5. The number of nitrogens with two attached hydrogens (primary N) is 1. The number of aromatic nitrogens is 1. The van der Waals surface area contributed by atoms with Gasteiger partial charge >= 0.3 is 0 Å². The molecule has 0 bridgehead atoms. The molecule has 0 saturated heterocycles. The molecule has 3 N–H and O–H groups in total. The molecule has 0 unspecified atom stereocenters. The maximum absolute atomic E-state index is 10.6. The van der Waals surface area contributed by atoms with Crippen molar-refractivity contribution in [1.29, 1.82) is 0 Å². The number of nitrogens with zero attached hydrogens (tertiary/aromatic N) is 1. The molecule has 18 heavy (non-hydrogen) atoms. The molecule has 1 aromatic heterocycles. The molecule has 1 aliphatic carbocycles. The minimum atomic E-state index is -0.580. The van der Waals surface area contributed by atoms with Crippen LogP contribution in [0.4, 0.5) is 0 Å². The first-order valence-electron chi connectivity index (χ1n) is 6.71. The monoisotopic (exact) mass is 268 g/mol. The third-order valence-electron chi connectivity index (χ3n) is 3.76. The van der Waals surface area contributed by atoms with Crippen LogP contribution in [0.15, 0.2) is 5.38 Å². The third-order valence-corrected chi connectivity index (χ3v) is 4.61. The number of rotatable bonds is 2. The Labute approximate surface area is 113 Å². The predicted octanol–water partition coefficient (Wildman–Crippen LogP) is 2.62. The molecule has 1 saturated carbocycles. The van der Waals surface area contributed by atoms with E-state index in [0.717, 1.165) is 36.4 Å². The van der Waals surface area contributed by atoms with Crippen LogP contribution in [0.5, 0.6) is 0 Å². The van der Waals surface area contributed by atoms with Crippen molar-refractivity contribution in [3.63, 3.8) is 0 Å². The smallest absolute Gasteiger partial charge is 0.0957 e. The van der Waals surface area contributed by atoms with Crippen molar-refractivity contribution in [2.45, 2.75) is 69.9 Å². The summed E-state index contributed by atoms with van der Waals surface area (Å²) in [6.45, 7) is 6.50. The van der Waals surface area contributed by atoms with Crippen molar-refractivity contribution in [3.05, 3.63) is 16.1 Å². The Morgan fingerprint density at radius 3 is 2.56 bits per heavy atom. The van der Waals surface area contributed by atoms with Gasteiger partial charge < -0.3 is 10.8 Å². The zero-order chi connectivity index (χ0) is 13.4. The Balaban J connectivity index is 2.03. The zero-order valence-electron chi connectivity index (χ0n) is 11.6. The fraction of sp³-hybridized carbons (Fsp3) is 0.786. The highest BCUT2D eigenvalue weighted by atomic mass is 32.1. The molecule has 1 aromatic rings. The van der Waals surface area contributed by atoms with Crippen LogP contribution in [0, 0.1) is 0 Å². The van der Waals surface area contributed by atoms with E-state index in [9.17, 15) is 5.11 Å². The van der Waals surface area contributed by atoms with E-state index in [1.807, 2.05) is 0 Å². The topological polar surface area (TPSA) is 59.1 Å². The lowest BCUT2D eigenvalue weighted by Gasteiger charge is -2.34. The van der Waals surface area contributed by atoms with Gasteiger partial charge in [-0.25, -0.2) is 4.98 Å². The Bertz CT molecular complexity index is 400. The van der Waals surface area contributed by atoms with Crippen LogP contribution in [-0.4, -0.2) is 21.7 Å². The van der Waals surface area contributed by atoms with Crippen molar-refractivity contribution in [2.75, 3.05) is 0 Å². The van der Waals surface area contributed by atoms with Crippen LogP contribution in [0.1, 0.15) is 57.2 Å². The molecule has 1 aliphatic rings. The standard InChI is InChI=1S/C14H24N2OS/c1-13(2,3)11-9-18-12(16-11)8-14(17)6-4-10(15)5-7-14/h9-10,17H,4-8,15H2,1-3H3. The van der Waals surface area contributed by atoms with E-state index in [1.165, 1.54) is 0 Å². The van der Waals surface area contributed by atoms with Gasteiger partial charge in [0, 0.05) is 23.3 Å². The second-order valence-corrected chi connectivity index (χ2v) is 7.56. The molecule has 0 aliphatic heterocycles. The Hall–Kier alpha value is -0.450. The number of hydrogen-bond acceptors (Lipinski definition) is 4. The second kappa shape index (κ2) is 4.91. The average molecular weight is 268 g/mol. The van der Waals surface area contributed by atoms with Crippen LogP contribution in [0.25, 0.3) is 0 Å². The van der Waals surface area contributed by atoms with Crippen molar-refractivity contribution >= 4 is 11.3 Å². The maximum Gasteiger partial charge on any atom is 0.0957 e. The highest BCUT2D eigenvalue weighted by Gasteiger charge is 2.33. The highest BCUT2D eigenvalue weighted by molar-refractivity contribution is 7.09. The summed E-state index contributed by atoms with van der Waals surface area (Å²) >= 11 is 1.67. The van der Waals surface area contributed by atoms with Crippen molar-refractivity contribution in [3.8, 4) is 0 Å². The van der Waals surface area contributed by atoms with Gasteiger partial charge in [-0.2, -0.15) is 0 Å². The molecular formula is C14H24N2OS. The minimum Gasteiger partial charge on any atom is -0.389 e. The lowest BCUT2D eigenvalue weighted by Crippen LogP contribution is -2.40. The fourth-order valence-electron chi connectivity index (χ4n) is 2.37. The van der Waals surface area contributed by atoms with Gasteiger partial charge in [0.05, 0.1) is 16.3 Å². The van der Waals surface area contributed by atoms with Crippen molar-refractivity contribution in [1.82, 2.24) is 4.98 Å². The maximum atomic E-state index is 10.6. The average Bonchev–Trinajstić information content (AvgIpc) is 2.71. The first-order chi connectivity index (χ1) is 8.28. The molecular weight excluding hydrogens is 244 g/mol. The molecule has 1 fully saturated rings. The van der Waals surface area contributed by atoms with Crippen LogP contribution in [-0.2, 0) is 11.8 Å². The summed E-state index contributed by atoms with van der Waals surface area (Å²) in [6, 6.07) is 0.270. The Morgan fingerprint density at radius 2 is 2.06 bits per heavy atom. The minimum absolute atomic E-state index is 0.0896. The summed E-state index contributed by atoms with van der Waals surface area (Å²) in [4.78, 5) is 4.67. The lowest BCUT2D eigenvalue weighted by molar-refractivity contribution is 0.000136. The zero-order valence-corrected chi connectivity index (χ0v) is 12.4. The van der Waals surface area contributed by atoms with Gasteiger partial charge in [0.2, 0.25) is 0 Å². The van der Waals surface area contributed by atoms with Gasteiger partial charge in [0.25, 0.3) is 0 Å².